The van der Waals surface area contributed by atoms with Gasteiger partial charge in [-0.2, -0.15) is 0 Å². The number of rotatable bonds is 4. The van der Waals surface area contributed by atoms with E-state index in [0.29, 0.717) is 18.8 Å². The highest BCUT2D eigenvalue weighted by Gasteiger charge is 2.20. The number of carbonyl (C=O) groups is 1. The Morgan fingerprint density at radius 3 is 2.88 bits per heavy atom. The molecule has 1 fully saturated rings. The Balaban J connectivity index is 2.08. The van der Waals surface area contributed by atoms with Crippen LogP contribution in [0, 0.1) is 5.82 Å². The van der Waals surface area contributed by atoms with Crippen LogP contribution < -0.4 is 0 Å². The second-order valence-electron chi connectivity index (χ2n) is 3.58. The first-order valence-electron chi connectivity index (χ1n) is 4.88. The molecule has 1 aliphatic rings. The van der Waals surface area contributed by atoms with Gasteiger partial charge in [0.05, 0.1) is 25.4 Å². The van der Waals surface area contributed by atoms with Crippen molar-refractivity contribution in [3.8, 4) is 0 Å². The molecule has 0 atom stereocenters. The molecule has 1 heterocycles. The summed E-state index contributed by atoms with van der Waals surface area (Å²) in [5, 5.41) is 8.88. The molecule has 1 aliphatic heterocycles. The molecule has 1 aromatic carbocycles. The van der Waals surface area contributed by atoms with Gasteiger partial charge in [-0.1, -0.05) is 6.07 Å². The first-order valence-corrected chi connectivity index (χ1v) is 4.88. The number of aromatic carboxylic acids is 1. The summed E-state index contributed by atoms with van der Waals surface area (Å²) >= 11 is 0. The molecule has 0 bridgehead atoms. The molecule has 4 nitrogen and oxygen atoms in total. The number of halogens is 1. The highest BCUT2D eigenvalue weighted by atomic mass is 19.1. The lowest BCUT2D eigenvalue weighted by Gasteiger charge is -2.26. The van der Waals surface area contributed by atoms with Crippen molar-refractivity contribution in [2.24, 2.45) is 0 Å². The average Bonchev–Trinajstić information content (AvgIpc) is 2.17. The summed E-state index contributed by atoms with van der Waals surface area (Å²) in [5.41, 5.74) is 0.418. The molecule has 0 saturated carbocycles. The Morgan fingerprint density at radius 1 is 1.56 bits per heavy atom. The maximum Gasteiger partial charge on any atom is 0.336 e. The minimum absolute atomic E-state index is 0.0201. The quantitative estimate of drug-likeness (QED) is 0.844. The van der Waals surface area contributed by atoms with Crippen LogP contribution in [0.4, 0.5) is 4.39 Å². The lowest BCUT2D eigenvalue weighted by molar-refractivity contribution is -0.135. The fourth-order valence-corrected chi connectivity index (χ4v) is 1.39. The summed E-state index contributed by atoms with van der Waals surface area (Å²) in [7, 11) is 0. The predicted molar refractivity (Wildman–Crippen MR) is 52.8 cm³/mol. The molecule has 86 valence electrons. The van der Waals surface area contributed by atoms with Gasteiger partial charge < -0.3 is 14.6 Å². The third-order valence-corrected chi connectivity index (χ3v) is 2.38. The average molecular weight is 226 g/mol. The molecule has 0 aliphatic carbocycles. The van der Waals surface area contributed by atoms with Crippen molar-refractivity contribution < 1.29 is 23.8 Å². The number of ether oxygens (including phenoxy) is 2. The molecule has 0 aromatic heterocycles. The normalized spacial score (nSPS) is 15.8. The van der Waals surface area contributed by atoms with Crippen molar-refractivity contribution in [1.29, 1.82) is 0 Å². The highest BCUT2D eigenvalue weighted by molar-refractivity contribution is 5.89. The maximum atomic E-state index is 12.9. The molecule has 0 spiro atoms. The summed E-state index contributed by atoms with van der Waals surface area (Å²) in [6.45, 7) is 1.23. The number of carboxylic acid groups (broad SMARTS) is 1. The molecule has 0 amide bonds. The lowest BCUT2D eigenvalue weighted by atomic mass is 10.1. The van der Waals surface area contributed by atoms with Crippen LogP contribution in [0.5, 0.6) is 0 Å². The third-order valence-electron chi connectivity index (χ3n) is 2.38. The number of hydrogen-bond donors (Lipinski definition) is 1. The predicted octanol–water partition coefficient (Wildman–Crippen LogP) is 1.44. The molecule has 0 radical (unpaired) electrons. The largest absolute Gasteiger partial charge is 0.478 e. The number of benzene rings is 1. The van der Waals surface area contributed by atoms with Gasteiger partial charge in [0.25, 0.3) is 0 Å². The monoisotopic (exact) mass is 226 g/mol. The molecular formula is C11H11FO4. The van der Waals surface area contributed by atoms with Crippen LogP contribution in [0.3, 0.4) is 0 Å². The van der Waals surface area contributed by atoms with Gasteiger partial charge >= 0.3 is 5.97 Å². The lowest BCUT2D eigenvalue weighted by Crippen LogP contribution is -2.35. The van der Waals surface area contributed by atoms with Gasteiger partial charge in [-0.05, 0) is 17.7 Å². The summed E-state index contributed by atoms with van der Waals surface area (Å²) in [5.74, 6) is -1.71. The Bertz CT molecular complexity index is 401. The van der Waals surface area contributed by atoms with E-state index < -0.39 is 11.8 Å². The van der Waals surface area contributed by atoms with E-state index in [1.807, 2.05) is 0 Å². The van der Waals surface area contributed by atoms with Gasteiger partial charge in [0.15, 0.2) is 0 Å². The minimum Gasteiger partial charge on any atom is -0.478 e. The summed E-state index contributed by atoms with van der Waals surface area (Å²) in [4.78, 5) is 10.9. The molecule has 1 saturated heterocycles. The van der Waals surface area contributed by atoms with E-state index >= 15 is 0 Å². The summed E-state index contributed by atoms with van der Waals surface area (Å²) in [6, 6.07) is 3.65. The Labute approximate surface area is 91.6 Å². The molecule has 0 unspecified atom stereocenters. The van der Waals surface area contributed by atoms with Crippen molar-refractivity contribution >= 4 is 5.97 Å². The second-order valence-corrected chi connectivity index (χ2v) is 3.58. The SMILES string of the molecule is O=C(O)c1cc(F)ccc1COC1COC1. The Morgan fingerprint density at radius 2 is 2.31 bits per heavy atom. The van der Waals surface area contributed by atoms with Crippen LogP contribution in [0.25, 0.3) is 0 Å². The minimum atomic E-state index is -1.15. The van der Waals surface area contributed by atoms with E-state index in [4.69, 9.17) is 14.6 Å². The van der Waals surface area contributed by atoms with Crippen LogP contribution in [-0.4, -0.2) is 30.4 Å². The first kappa shape index (κ1) is 11.0. The van der Waals surface area contributed by atoms with Gasteiger partial charge in [-0.3, -0.25) is 0 Å². The van der Waals surface area contributed by atoms with Crippen LogP contribution >= 0.6 is 0 Å². The van der Waals surface area contributed by atoms with Crippen molar-refractivity contribution in [2.75, 3.05) is 13.2 Å². The van der Waals surface area contributed by atoms with E-state index in [2.05, 4.69) is 0 Å². The topological polar surface area (TPSA) is 55.8 Å². The third kappa shape index (κ3) is 2.37. The highest BCUT2D eigenvalue weighted by Crippen LogP contribution is 2.15. The van der Waals surface area contributed by atoms with Crippen LogP contribution in [0.2, 0.25) is 0 Å². The van der Waals surface area contributed by atoms with E-state index in [1.165, 1.54) is 12.1 Å². The molecule has 16 heavy (non-hydrogen) atoms. The Hall–Kier alpha value is -1.46. The zero-order chi connectivity index (χ0) is 11.5. The fourth-order valence-electron chi connectivity index (χ4n) is 1.39. The smallest absolute Gasteiger partial charge is 0.336 e. The molecule has 1 aromatic rings. The summed E-state index contributed by atoms with van der Waals surface area (Å²) < 4.78 is 23.2. The molecule has 1 N–H and O–H groups in total. The molecule has 5 heteroatoms. The zero-order valence-corrected chi connectivity index (χ0v) is 8.48. The second kappa shape index (κ2) is 4.59. The molecule has 2 rings (SSSR count). The van der Waals surface area contributed by atoms with E-state index in [9.17, 15) is 9.18 Å². The van der Waals surface area contributed by atoms with Crippen molar-refractivity contribution in [3.63, 3.8) is 0 Å². The molecular weight excluding hydrogens is 215 g/mol. The van der Waals surface area contributed by atoms with Crippen LogP contribution in [0.15, 0.2) is 18.2 Å². The number of carboxylic acids is 1. The van der Waals surface area contributed by atoms with E-state index in [-0.39, 0.29) is 18.3 Å². The van der Waals surface area contributed by atoms with Gasteiger partial charge in [-0.15, -0.1) is 0 Å². The standard InChI is InChI=1S/C11H11FO4/c12-8-2-1-7(10(3-8)11(13)14)4-16-9-5-15-6-9/h1-3,9H,4-6H2,(H,13,14). The van der Waals surface area contributed by atoms with Crippen LogP contribution in [-0.2, 0) is 16.1 Å². The number of hydrogen-bond acceptors (Lipinski definition) is 3. The fraction of sp³-hybridized carbons (Fsp3) is 0.364. The zero-order valence-electron chi connectivity index (χ0n) is 8.48. The Kier molecular flexibility index (Phi) is 3.17. The van der Waals surface area contributed by atoms with E-state index in [1.54, 1.807) is 0 Å². The van der Waals surface area contributed by atoms with Crippen LogP contribution in [0.1, 0.15) is 15.9 Å². The first-order chi connectivity index (χ1) is 7.66. The maximum absolute atomic E-state index is 12.9. The summed E-state index contributed by atoms with van der Waals surface area (Å²) in [6.07, 6.45) is 0.0201. The van der Waals surface area contributed by atoms with Gasteiger partial charge in [0.1, 0.15) is 11.9 Å². The van der Waals surface area contributed by atoms with Gasteiger partial charge in [0, 0.05) is 0 Å². The van der Waals surface area contributed by atoms with Gasteiger partial charge in [-0.25, -0.2) is 9.18 Å². The van der Waals surface area contributed by atoms with E-state index in [0.717, 1.165) is 6.07 Å². The van der Waals surface area contributed by atoms with Crippen molar-refractivity contribution in [2.45, 2.75) is 12.7 Å². The van der Waals surface area contributed by atoms with Gasteiger partial charge in [0.2, 0.25) is 0 Å². The van der Waals surface area contributed by atoms with Crippen molar-refractivity contribution in [1.82, 2.24) is 0 Å². The van der Waals surface area contributed by atoms with Crippen molar-refractivity contribution in [3.05, 3.63) is 35.1 Å².